The van der Waals surface area contributed by atoms with Gasteiger partial charge in [-0.3, -0.25) is 0 Å². The lowest BCUT2D eigenvalue weighted by Gasteiger charge is -2.13. The van der Waals surface area contributed by atoms with Crippen molar-refractivity contribution in [1.29, 1.82) is 0 Å². The number of ether oxygens (including phenoxy) is 2. The van der Waals surface area contributed by atoms with Gasteiger partial charge in [0.1, 0.15) is 6.10 Å². The first-order chi connectivity index (χ1) is 7.15. The molecule has 5 nitrogen and oxygen atoms in total. The molecule has 1 heterocycles. The number of methoxy groups -OCH3 is 1. The van der Waals surface area contributed by atoms with Crippen LogP contribution in [0.1, 0.15) is 12.6 Å². The van der Waals surface area contributed by atoms with Crippen molar-refractivity contribution in [2.24, 2.45) is 0 Å². The third kappa shape index (κ3) is 3.71. The lowest BCUT2D eigenvalue weighted by Crippen LogP contribution is -2.19. The van der Waals surface area contributed by atoms with E-state index in [1.165, 1.54) is 0 Å². The van der Waals surface area contributed by atoms with Crippen LogP contribution in [0.15, 0.2) is 6.07 Å². The zero-order valence-electron chi connectivity index (χ0n) is 9.57. The van der Waals surface area contributed by atoms with Gasteiger partial charge in [-0.15, -0.1) is 0 Å². The summed E-state index contributed by atoms with van der Waals surface area (Å²) in [7, 11) is 3.42. The van der Waals surface area contributed by atoms with E-state index >= 15 is 0 Å². The summed E-state index contributed by atoms with van der Waals surface area (Å²) in [5.41, 5.74) is 0.869. The molecule has 1 unspecified atom stereocenters. The van der Waals surface area contributed by atoms with E-state index in [0.717, 1.165) is 5.69 Å². The van der Waals surface area contributed by atoms with Crippen molar-refractivity contribution in [1.82, 2.24) is 9.97 Å². The predicted molar refractivity (Wildman–Crippen MR) is 58.3 cm³/mol. The van der Waals surface area contributed by atoms with E-state index in [0.29, 0.717) is 18.4 Å². The minimum atomic E-state index is -0.0194. The number of hydrogen-bond acceptors (Lipinski definition) is 5. The number of nitrogens with one attached hydrogen (secondary N) is 1. The molecule has 0 aromatic carbocycles. The molecule has 0 spiro atoms. The summed E-state index contributed by atoms with van der Waals surface area (Å²) in [4.78, 5) is 8.35. The highest BCUT2D eigenvalue weighted by Gasteiger charge is 2.06. The fraction of sp³-hybridized carbons (Fsp3) is 0.600. The third-order valence-corrected chi connectivity index (χ3v) is 1.78. The Kier molecular flexibility index (Phi) is 4.30. The standard InChI is InChI=1S/C10H17N3O2/c1-7-5-9(13-10(11-3)12-7)15-8(2)6-14-4/h5,8H,6H2,1-4H3,(H,11,12,13). The van der Waals surface area contributed by atoms with Gasteiger partial charge in [-0.2, -0.15) is 4.98 Å². The Bertz CT molecular complexity index is 318. The average molecular weight is 211 g/mol. The molecule has 1 N–H and O–H groups in total. The first kappa shape index (κ1) is 11.7. The molecule has 0 saturated carbocycles. The summed E-state index contributed by atoms with van der Waals surface area (Å²) in [6.45, 7) is 4.37. The minimum absolute atomic E-state index is 0.0194. The maximum atomic E-state index is 5.56. The van der Waals surface area contributed by atoms with E-state index in [-0.39, 0.29) is 6.10 Å². The summed E-state index contributed by atoms with van der Waals surface area (Å²) < 4.78 is 10.5. The Balaban J connectivity index is 2.71. The number of hydrogen-bond donors (Lipinski definition) is 1. The smallest absolute Gasteiger partial charge is 0.225 e. The Morgan fingerprint density at radius 2 is 2.20 bits per heavy atom. The van der Waals surface area contributed by atoms with E-state index < -0.39 is 0 Å². The second-order valence-corrected chi connectivity index (χ2v) is 3.30. The van der Waals surface area contributed by atoms with Crippen LogP contribution < -0.4 is 10.1 Å². The van der Waals surface area contributed by atoms with Gasteiger partial charge in [0, 0.05) is 25.9 Å². The predicted octanol–water partition coefficient (Wildman–Crippen LogP) is 1.24. The molecule has 0 aliphatic carbocycles. The fourth-order valence-corrected chi connectivity index (χ4v) is 1.19. The van der Waals surface area contributed by atoms with E-state index in [9.17, 15) is 0 Å². The van der Waals surface area contributed by atoms with E-state index in [4.69, 9.17) is 9.47 Å². The molecular formula is C10H17N3O2. The molecule has 0 aliphatic heterocycles. The van der Waals surface area contributed by atoms with Crippen LogP contribution in [0.2, 0.25) is 0 Å². The van der Waals surface area contributed by atoms with Gasteiger partial charge in [-0.05, 0) is 13.8 Å². The second-order valence-electron chi connectivity index (χ2n) is 3.30. The summed E-state index contributed by atoms with van der Waals surface area (Å²) in [5.74, 6) is 1.13. The number of anilines is 1. The quantitative estimate of drug-likeness (QED) is 0.794. The molecule has 1 aromatic rings. The molecule has 0 saturated heterocycles. The normalized spacial score (nSPS) is 12.3. The summed E-state index contributed by atoms with van der Waals surface area (Å²) >= 11 is 0. The van der Waals surface area contributed by atoms with Gasteiger partial charge in [0.25, 0.3) is 0 Å². The van der Waals surface area contributed by atoms with Crippen LogP contribution in [-0.4, -0.2) is 36.8 Å². The summed E-state index contributed by atoms with van der Waals surface area (Å²) in [6.07, 6.45) is -0.0194. The van der Waals surface area contributed by atoms with Crippen LogP contribution in [0.5, 0.6) is 5.88 Å². The topological polar surface area (TPSA) is 56.3 Å². The maximum absolute atomic E-state index is 5.56. The highest BCUT2D eigenvalue weighted by molar-refractivity contribution is 5.29. The molecule has 15 heavy (non-hydrogen) atoms. The molecular weight excluding hydrogens is 194 g/mol. The third-order valence-electron chi connectivity index (χ3n) is 1.78. The molecule has 0 aliphatic rings. The average Bonchev–Trinajstić information content (AvgIpc) is 2.17. The van der Waals surface area contributed by atoms with Crippen LogP contribution in [0.4, 0.5) is 5.95 Å². The van der Waals surface area contributed by atoms with Crippen LogP contribution in [0, 0.1) is 6.92 Å². The Labute approximate surface area is 89.8 Å². The van der Waals surface area contributed by atoms with Gasteiger partial charge >= 0.3 is 0 Å². The van der Waals surface area contributed by atoms with Crippen LogP contribution in [0.25, 0.3) is 0 Å². The zero-order chi connectivity index (χ0) is 11.3. The Morgan fingerprint density at radius 1 is 1.47 bits per heavy atom. The Morgan fingerprint density at radius 3 is 2.80 bits per heavy atom. The SMILES string of the molecule is CNc1nc(C)cc(OC(C)COC)n1. The van der Waals surface area contributed by atoms with Crippen molar-refractivity contribution >= 4 is 5.95 Å². The largest absolute Gasteiger partial charge is 0.472 e. The van der Waals surface area contributed by atoms with Crippen LogP contribution >= 0.6 is 0 Å². The monoisotopic (exact) mass is 211 g/mol. The summed E-state index contributed by atoms with van der Waals surface area (Å²) in [6, 6.07) is 1.80. The van der Waals surface area contributed by atoms with Gasteiger partial charge in [-0.1, -0.05) is 0 Å². The van der Waals surface area contributed by atoms with Crippen molar-refractivity contribution in [3.8, 4) is 5.88 Å². The number of aromatic nitrogens is 2. The van der Waals surface area contributed by atoms with Crippen LogP contribution in [0.3, 0.4) is 0 Å². The lowest BCUT2D eigenvalue weighted by molar-refractivity contribution is 0.0889. The molecule has 84 valence electrons. The van der Waals surface area contributed by atoms with Crippen molar-refractivity contribution in [2.45, 2.75) is 20.0 Å². The van der Waals surface area contributed by atoms with E-state index in [1.54, 1.807) is 20.2 Å². The Hall–Kier alpha value is -1.36. The first-order valence-corrected chi connectivity index (χ1v) is 4.84. The van der Waals surface area contributed by atoms with Crippen molar-refractivity contribution in [2.75, 3.05) is 26.1 Å². The van der Waals surface area contributed by atoms with E-state index in [1.807, 2.05) is 13.8 Å². The van der Waals surface area contributed by atoms with Gasteiger partial charge in [-0.25, -0.2) is 4.98 Å². The number of aryl methyl sites for hydroxylation is 1. The molecule has 0 bridgehead atoms. The van der Waals surface area contributed by atoms with Crippen LogP contribution in [-0.2, 0) is 4.74 Å². The molecule has 5 heteroatoms. The zero-order valence-corrected chi connectivity index (χ0v) is 9.57. The van der Waals surface area contributed by atoms with Crippen molar-refractivity contribution < 1.29 is 9.47 Å². The highest BCUT2D eigenvalue weighted by Crippen LogP contribution is 2.13. The summed E-state index contributed by atoms with van der Waals surface area (Å²) in [5, 5.41) is 2.88. The van der Waals surface area contributed by atoms with Gasteiger partial charge in [0.2, 0.25) is 11.8 Å². The van der Waals surface area contributed by atoms with Gasteiger partial charge in [0.05, 0.1) is 6.61 Å². The van der Waals surface area contributed by atoms with Crippen molar-refractivity contribution in [3.05, 3.63) is 11.8 Å². The van der Waals surface area contributed by atoms with Gasteiger partial charge in [0.15, 0.2) is 0 Å². The maximum Gasteiger partial charge on any atom is 0.225 e. The van der Waals surface area contributed by atoms with Crippen molar-refractivity contribution in [3.63, 3.8) is 0 Å². The molecule has 0 radical (unpaired) electrons. The number of nitrogens with zero attached hydrogens (tertiary/aromatic N) is 2. The molecule has 0 amide bonds. The lowest BCUT2D eigenvalue weighted by atomic mass is 10.4. The fourth-order valence-electron chi connectivity index (χ4n) is 1.19. The molecule has 1 atom stereocenters. The minimum Gasteiger partial charge on any atom is -0.472 e. The first-order valence-electron chi connectivity index (χ1n) is 4.84. The van der Waals surface area contributed by atoms with E-state index in [2.05, 4.69) is 15.3 Å². The van der Waals surface area contributed by atoms with Gasteiger partial charge < -0.3 is 14.8 Å². The second kappa shape index (κ2) is 5.50. The molecule has 1 aromatic heterocycles. The number of rotatable bonds is 5. The highest BCUT2D eigenvalue weighted by atomic mass is 16.5. The molecule has 0 fully saturated rings. The molecule has 1 rings (SSSR count).